The predicted molar refractivity (Wildman–Crippen MR) is 79.0 cm³/mol. The maximum absolute atomic E-state index is 11.3. The van der Waals surface area contributed by atoms with Crippen molar-refractivity contribution < 1.29 is 23.4 Å². The summed E-state index contributed by atoms with van der Waals surface area (Å²) in [6.45, 7) is -0.567. The number of rotatable bonds is 6. The van der Waals surface area contributed by atoms with E-state index in [1.165, 1.54) is 24.3 Å². The first-order valence-corrected chi connectivity index (χ1v) is 8.77. The number of aliphatic hydroxyl groups excluding tert-OH is 2. The molecule has 0 saturated carbocycles. The van der Waals surface area contributed by atoms with Gasteiger partial charge in [0.05, 0.1) is 17.5 Å². The van der Waals surface area contributed by atoms with Crippen molar-refractivity contribution >= 4 is 48.8 Å². The summed E-state index contributed by atoms with van der Waals surface area (Å²) < 4.78 is 22.2. The van der Waals surface area contributed by atoms with Crippen LogP contribution in [0.25, 0.3) is 0 Å². The van der Waals surface area contributed by atoms with Crippen LogP contribution in [0.2, 0.25) is 0 Å². The molecule has 0 aromatic heterocycles. The predicted octanol–water partition coefficient (Wildman–Crippen LogP) is 0.928. The van der Waals surface area contributed by atoms with Gasteiger partial charge in [0.15, 0.2) is 4.84 Å². The molecule has 0 fully saturated rings. The van der Waals surface area contributed by atoms with Gasteiger partial charge in [-0.3, -0.25) is 4.79 Å². The molecular formula is C11H12Cl3NO5S. The Bertz CT molecular complexity index is 590. The van der Waals surface area contributed by atoms with Gasteiger partial charge in [-0.15, -0.1) is 0 Å². The molecule has 6 nitrogen and oxygen atoms in total. The van der Waals surface area contributed by atoms with Gasteiger partial charge in [0.1, 0.15) is 6.10 Å². The van der Waals surface area contributed by atoms with Gasteiger partial charge in [-0.2, -0.15) is 0 Å². The van der Waals surface area contributed by atoms with Gasteiger partial charge in [-0.1, -0.05) is 35.3 Å². The van der Waals surface area contributed by atoms with Crippen LogP contribution >= 0.6 is 33.9 Å². The summed E-state index contributed by atoms with van der Waals surface area (Å²) in [6.07, 6.45) is -1.28. The fourth-order valence-electron chi connectivity index (χ4n) is 1.53. The maximum atomic E-state index is 11.3. The topological polar surface area (TPSA) is 104 Å². The summed E-state index contributed by atoms with van der Waals surface area (Å²) in [5.41, 5.74) is 0.277. The number of alkyl halides is 2. The van der Waals surface area contributed by atoms with Gasteiger partial charge in [-0.25, -0.2) is 8.42 Å². The minimum atomic E-state index is -3.86. The molecule has 0 radical (unpaired) electrons. The second kappa shape index (κ2) is 7.62. The number of carbonyl (C=O) groups is 1. The van der Waals surface area contributed by atoms with E-state index in [0.717, 1.165) is 0 Å². The summed E-state index contributed by atoms with van der Waals surface area (Å²) in [5.74, 6) is -0.767. The molecule has 2 atom stereocenters. The zero-order chi connectivity index (χ0) is 16.2. The number of hydrogen-bond acceptors (Lipinski definition) is 5. The molecule has 21 heavy (non-hydrogen) atoms. The van der Waals surface area contributed by atoms with E-state index in [0.29, 0.717) is 0 Å². The zero-order valence-electron chi connectivity index (χ0n) is 10.4. The first-order valence-electron chi connectivity index (χ1n) is 5.59. The minimum Gasteiger partial charge on any atom is -0.394 e. The lowest BCUT2D eigenvalue weighted by Gasteiger charge is -2.23. The normalized spacial score (nSPS) is 14.8. The second-order valence-electron chi connectivity index (χ2n) is 4.05. The van der Waals surface area contributed by atoms with Crippen LogP contribution in [-0.4, -0.2) is 42.0 Å². The first kappa shape index (κ1) is 18.5. The highest BCUT2D eigenvalue weighted by Crippen LogP contribution is 2.21. The van der Waals surface area contributed by atoms with E-state index < -0.39 is 38.5 Å². The highest BCUT2D eigenvalue weighted by atomic mass is 35.7. The Kier molecular flexibility index (Phi) is 6.71. The van der Waals surface area contributed by atoms with Gasteiger partial charge in [0.2, 0.25) is 0 Å². The molecular weight excluding hydrogens is 365 g/mol. The Morgan fingerprint density at radius 3 is 2.14 bits per heavy atom. The first-order chi connectivity index (χ1) is 9.66. The lowest BCUT2D eigenvalue weighted by Crippen LogP contribution is -2.44. The number of nitrogens with one attached hydrogen (secondary N) is 1. The van der Waals surface area contributed by atoms with Crippen molar-refractivity contribution in [2.24, 2.45) is 0 Å². The summed E-state index contributed by atoms with van der Waals surface area (Å²) >= 11 is 10.7. The summed E-state index contributed by atoms with van der Waals surface area (Å²) in [4.78, 5) is 9.87. The highest BCUT2D eigenvalue weighted by molar-refractivity contribution is 8.13. The second-order valence-corrected chi connectivity index (χ2v) is 7.71. The van der Waals surface area contributed by atoms with Crippen LogP contribution in [0.15, 0.2) is 29.2 Å². The maximum Gasteiger partial charge on any atom is 0.261 e. The van der Waals surface area contributed by atoms with Gasteiger partial charge in [0, 0.05) is 10.7 Å². The lowest BCUT2D eigenvalue weighted by molar-refractivity contribution is -0.121. The molecule has 0 unspecified atom stereocenters. The number of hydrogen-bond donors (Lipinski definition) is 3. The number of benzene rings is 1. The van der Waals surface area contributed by atoms with Crippen molar-refractivity contribution in [3.63, 3.8) is 0 Å². The standard InChI is InChI=1S/C11H12Cl3NO5S/c12-10(13)11(18)15-8(5-16)9(17)6-1-3-7(4-2-6)21(14,19)20/h1-4,8-10,16-17H,5H2,(H,15,18)/t8-,9-/m1/s1. The van der Waals surface area contributed by atoms with Crippen LogP contribution in [0.1, 0.15) is 11.7 Å². The molecule has 0 aliphatic carbocycles. The van der Waals surface area contributed by atoms with Crippen molar-refractivity contribution in [3.05, 3.63) is 29.8 Å². The van der Waals surface area contributed by atoms with Gasteiger partial charge < -0.3 is 15.5 Å². The van der Waals surface area contributed by atoms with E-state index in [-0.39, 0.29) is 10.5 Å². The molecule has 118 valence electrons. The fraction of sp³-hybridized carbons (Fsp3) is 0.364. The monoisotopic (exact) mass is 375 g/mol. The summed E-state index contributed by atoms with van der Waals surface area (Å²) in [6, 6.07) is 3.98. The fourth-order valence-corrected chi connectivity index (χ4v) is 2.43. The van der Waals surface area contributed by atoms with E-state index >= 15 is 0 Å². The molecule has 3 N–H and O–H groups in total. The van der Waals surface area contributed by atoms with E-state index in [9.17, 15) is 23.4 Å². The molecule has 0 saturated heterocycles. The molecule has 0 aliphatic rings. The van der Waals surface area contributed by atoms with Crippen LogP contribution < -0.4 is 5.32 Å². The Balaban J connectivity index is 2.90. The highest BCUT2D eigenvalue weighted by Gasteiger charge is 2.24. The Labute approximate surface area is 136 Å². The van der Waals surface area contributed by atoms with Gasteiger partial charge in [0.25, 0.3) is 15.0 Å². The van der Waals surface area contributed by atoms with E-state index in [4.69, 9.17) is 33.9 Å². The van der Waals surface area contributed by atoms with Crippen molar-refractivity contribution in [3.8, 4) is 0 Å². The van der Waals surface area contributed by atoms with E-state index in [2.05, 4.69) is 5.32 Å². The molecule has 0 bridgehead atoms. The van der Waals surface area contributed by atoms with Crippen molar-refractivity contribution in [2.45, 2.75) is 21.9 Å². The number of halogens is 3. The lowest BCUT2D eigenvalue weighted by atomic mass is 10.0. The van der Waals surface area contributed by atoms with Crippen LogP contribution in [0.5, 0.6) is 0 Å². The van der Waals surface area contributed by atoms with Gasteiger partial charge in [-0.05, 0) is 17.7 Å². The molecule has 0 aliphatic heterocycles. The average Bonchev–Trinajstić information content (AvgIpc) is 2.42. The SMILES string of the molecule is O=C(N[C@H](CO)[C@H](O)c1ccc(S(=O)(=O)Cl)cc1)C(Cl)Cl. The van der Waals surface area contributed by atoms with Gasteiger partial charge >= 0.3 is 0 Å². The largest absolute Gasteiger partial charge is 0.394 e. The minimum absolute atomic E-state index is 0.133. The third kappa shape index (κ3) is 5.28. The smallest absolute Gasteiger partial charge is 0.261 e. The van der Waals surface area contributed by atoms with Crippen LogP contribution in [0.4, 0.5) is 0 Å². The third-order valence-corrected chi connectivity index (χ3v) is 4.37. The molecule has 10 heteroatoms. The molecule has 0 spiro atoms. The third-order valence-electron chi connectivity index (χ3n) is 2.61. The molecule has 1 rings (SSSR count). The Morgan fingerprint density at radius 2 is 1.76 bits per heavy atom. The quantitative estimate of drug-likeness (QED) is 0.506. The number of aliphatic hydroxyl groups is 2. The van der Waals surface area contributed by atoms with Crippen molar-refractivity contribution in [1.82, 2.24) is 5.32 Å². The molecule has 1 aromatic rings. The van der Waals surface area contributed by atoms with Crippen LogP contribution in [0.3, 0.4) is 0 Å². The van der Waals surface area contributed by atoms with Crippen LogP contribution in [-0.2, 0) is 13.8 Å². The molecule has 0 heterocycles. The van der Waals surface area contributed by atoms with E-state index in [1.807, 2.05) is 0 Å². The average molecular weight is 377 g/mol. The van der Waals surface area contributed by atoms with Crippen molar-refractivity contribution in [1.29, 1.82) is 0 Å². The van der Waals surface area contributed by atoms with E-state index in [1.54, 1.807) is 0 Å². The number of amides is 1. The Hall–Kier alpha value is -0.570. The van der Waals surface area contributed by atoms with Crippen molar-refractivity contribution in [2.75, 3.05) is 6.61 Å². The summed E-state index contributed by atoms with van der Waals surface area (Å²) in [7, 11) is 1.30. The number of carbonyl (C=O) groups excluding carboxylic acids is 1. The Morgan fingerprint density at radius 1 is 1.24 bits per heavy atom. The zero-order valence-corrected chi connectivity index (χ0v) is 13.5. The molecule has 1 aromatic carbocycles. The summed E-state index contributed by atoms with van der Waals surface area (Å²) in [5, 5.41) is 21.5. The van der Waals surface area contributed by atoms with Crippen LogP contribution in [0, 0.1) is 0 Å². The molecule has 1 amide bonds.